The number of phenols is 1. The van der Waals surface area contributed by atoms with Crippen molar-refractivity contribution in [2.45, 2.75) is 171 Å². The summed E-state index contributed by atoms with van der Waals surface area (Å²) in [6.45, 7) is 5.93. The summed E-state index contributed by atoms with van der Waals surface area (Å²) in [5, 5.41) is 50.1. The molecule has 0 spiro atoms. The van der Waals surface area contributed by atoms with Crippen molar-refractivity contribution in [3.8, 4) is 5.75 Å². The molecule has 564 valence electrons. The Morgan fingerprint density at radius 2 is 1.05 bits per heavy atom. The number of primary amides is 2. The minimum atomic E-state index is -1.68. The molecule has 101 heavy (non-hydrogen) atoms. The molecule has 2 aliphatic rings. The highest BCUT2D eigenvalue weighted by Gasteiger charge is 2.42. The standard InChI is InChI=1S/C61H98N18O18S4/c1-6-31(2)49(64)60(96)77-44(28-101-30-68-34(5)82)57(93)75-42(26-99)56(92)72-39(22-47(63)84)61(97)79-20-10-13-46(79)58(94)69-32(3)51(87)76-43(27-100-29-67-33(4)81)52(88)66-23-48(85)78-19-9-12-45(78)59(95)70-37(11-7-8-18-62)53(89)71-38(21-35-14-16-36(83)17-15-35)54(90)73-40(24-80)55(91)74-41(25-98)50(65)86/h14-17,31-32,37-46,49,80,83,98-99H,6-13,18-30,62,64H2,1-5H3,(H2,63,84)(H2,65,86)(H,66,88)(H,67,81)(H,68,82)(H,69,94)(H,70,95)(H,71,89)(H,72,92)(H,73,90)(H,74,91)(H,75,93)(H,76,87)(H,77,96)/t31-,32-,37-,38-,39-,40-,41-,42-,43-,44-,45-,46-,49-/m0/s1. The number of aliphatic hydroxyl groups is 1. The van der Waals surface area contributed by atoms with E-state index < -0.39 is 181 Å². The molecule has 0 aliphatic carbocycles. The summed E-state index contributed by atoms with van der Waals surface area (Å²) in [7, 11) is 0. The molecule has 2 heterocycles. The fourth-order valence-electron chi connectivity index (χ4n) is 10.2. The third-order valence-electron chi connectivity index (χ3n) is 16.2. The molecule has 1 aromatic rings. The van der Waals surface area contributed by atoms with E-state index in [9.17, 15) is 86.9 Å². The molecule has 0 saturated carbocycles. The number of thioether (sulfide) groups is 2. The van der Waals surface area contributed by atoms with Crippen molar-refractivity contribution in [3.63, 3.8) is 0 Å². The quantitative estimate of drug-likeness (QED) is 0.0164. The molecular formula is C61H98N18O18S4. The maximum absolute atomic E-state index is 14.3. The Morgan fingerprint density at radius 1 is 0.574 bits per heavy atom. The Kier molecular flexibility index (Phi) is 38.7. The minimum absolute atomic E-state index is 0.0109. The lowest BCUT2D eigenvalue weighted by Crippen LogP contribution is -2.60. The van der Waals surface area contributed by atoms with Crippen molar-refractivity contribution in [2.24, 2.45) is 28.9 Å². The van der Waals surface area contributed by atoms with Gasteiger partial charge in [-0.15, -0.1) is 23.5 Å². The number of benzene rings is 1. The highest BCUT2D eigenvalue weighted by Crippen LogP contribution is 2.22. The smallest absolute Gasteiger partial charge is 0.246 e. The van der Waals surface area contributed by atoms with Crippen molar-refractivity contribution in [3.05, 3.63) is 29.8 Å². The van der Waals surface area contributed by atoms with Gasteiger partial charge >= 0.3 is 0 Å². The molecule has 3 rings (SSSR count). The van der Waals surface area contributed by atoms with E-state index in [1.165, 1.54) is 49.9 Å². The second-order valence-electron chi connectivity index (χ2n) is 24.1. The zero-order valence-electron chi connectivity index (χ0n) is 57.0. The molecule has 22 N–H and O–H groups in total. The van der Waals surface area contributed by atoms with Crippen LogP contribution in [0.1, 0.15) is 98.0 Å². The van der Waals surface area contributed by atoms with Gasteiger partial charge in [0, 0.05) is 56.4 Å². The Morgan fingerprint density at radius 3 is 1.59 bits per heavy atom. The van der Waals surface area contributed by atoms with Crippen molar-refractivity contribution in [1.29, 1.82) is 0 Å². The normalized spacial score (nSPS) is 17.3. The van der Waals surface area contributed by atoms with Gasteiger partial charge in [0.05, 0.1) is 37.4 Å². The van der Waals surface area contributed by atoms with E-state index in [1.54, 1.807) is 6.92 Å². The van der Waals surface area contributed by atoms with Crippen molar-refractivity contribution >= 4 is 143 Å². The van der Waals surface area contributed by atoms with E-state index in [0.717, 1.165) is 28.4 Å². The topological polar surface area (TPSA) is 568 Å². The van der Waals surface area contributed by atoms with E-state index in [4.69, 9.17) is 22.9 Å². The number of amides is 16. The van der Waals surface area contributed by atoms with E-state index in [1.807, 2.05) is 6.92 Å². The summed E-state index contributed by atoms with van der Waals surface area (Å²) >= 11 is 10.3. The predicted octanol–water partition coefficient (Wildman–Crippen LogP) is -7.22. The van der Waals surface area contributed by atoms with Crippen LogP contribution in [0.4, 0.5) is 0 Å². The van der Waals surface area contributed by atoms with Gasteiger partial charge in [0.2, 0.25) is 94.5 Å². The summed E-state index contributed by atoms with van der Waals surface area (Å²) < 4.78 is 0. The van der Waals surface area contributed by atoms with Crippen LogP contribution in [0.5, 0.6) is 5.75 Å². The summed E-state index contributed by atoms with van der Waals surface area (Å²) in [4.78, 5) is 216. The molecule has 0 aromatic heterocycles. The molecule has 2 saturated heterocycles. The second-order valence-corrected chi connectivity index (χ2v) is 26.8. The maximum Gasteiger partial charge on any atom is 0.246 e. The van der Waals surface area contributed by atoms with Crippen LogP contribution in [0.25, 0.3) is 0 Å². The van der Waals surface area contributed by atoms with Crippen LogP contribution >= 0.6 is 48.8 Å². The van der Waals surface area contributed by atoms with Gasteiger partial charge in [0.15, 0.2) is 0 Å². The number of hydrogen-bond donors (Lipinski definition) is 20. The first-order chi connectivity index (χ1) is 47.8. The first-order valence-corrected chi connectivity index (χ1v) is 36.3. The summed E-state index contributed by atoms with van der Waals surface area (Å²) in [5.74, 6) is -14.3. The van der Waals surface area contributed by atoms with E-state index in [0.29, 0.717) is 31.2 Å². The Labute approximate surface area is 604 Å². The van der Waals surface area contributed by atoms with Crippen molar-refractivity contribution < 1.29 is 86.9 Å². The Balaban J connectivity index is 1.76. The second kappa shape index (κ2) is 44.9. The van der Waals surface area contributed by atoms with Gasteiger partial charge in [-0.3, -0.25) is 76.7 Å². The molecule has 16 amide bonds. The molecule has 1 aromatic carbocycles. The average molecular weight is 1500 g/mol. The van der Waals surface area contributed by atoms with Gasteiger partial charge in [0.1, 0.15) is 72.2 Å². The number of unbranched alkanes of at least 4 members (excludes halogenated alkanes) is 1. The van der Waals surface area contributed by atoms with E-state index >= 15 is 0 Å². The fraction of sp³-hybridized carbons (Fsp3) is 0.639. The molecule has 0 unspecified atom stereocenters. The van der Waals surface area contributed by atoms with Crippen LogP contribution in [0.15, 0.2) is 24.3 Å². The Hall–Kier alpha value is -8.18. The monoisotopic (exact) mass is 1500 g/mol. The van der Waals surface area contributed by atoms with Gasteiger partial charge in [-0.1, -0.05) is 32.4 Å². The number of aromatic hydroxyl groups is 1. The van der Waals surface area contributed by atoms with Gasteiger partial charge in [0.25, 0.3) is 0 Å². The molecule has 2 fully saturated rings. The van der Waals surface area contributed by atoms with E-state index in [2.05, 4.69) is 89.1 Å². The number of carbonyl (C=O) groups is 16. The number of carbonyl (C=O) groups excluding carboxylic acids is 16. The summed E-state index contributed by atoms with van der Waals surface area (Å²) in [5.41, 5.74) is 23.1. The number of phenolic OH excluding ortho intramolecular Hbond substituents is 1. The number of aliphatic hydroxyl groups excluding tert-OH is 1. The zero-order valence-corrected chi connectivity index (χ0v) is 60.4. The summed E-state index contributed by atoms with van der Waals surface area (Å²) in [6.07, 6.45) is 0.980. The largest absolute Gasteiger partial charge is 0.508 e. The van der Waals surface area contributed by atoms with Gasteiger partial charge in [-0.05, 0) is 82.0 Å². The first-order valence-electron chi connectivity index (χ1n) is 32.7. The summed E-state index contributed by atoms with van der Waals surface area (Å²) in [6, 6.07) is -10.8. The highest BCUT2D eigenvalue weighted by molar-refractivity contribution is 7.99. The third-order valence-corrected chi connectivity index (χ3v) is 18.8. The molecule has 13 atom stereocenters. The number of rotatable bonds is 44. The lowest BCUT2D eigenvalue weighted by atomic mass is 9.99. The number of nitrogens with two attached hydrogens (primary N) is 4. The van der Waals surface area contributed by atoms with Crippen molar-refractivity contribution in [1.82, 2.24) is 73.6 Å². The molecule has 0 bridgehead atoms. The zero-order chi connectivity index (χ0) is 75.6. The lowest BCUT2D eigenvalue weighted by molar-refractivity contribution is -0.143. The molecular weight excluding hydrogens is 1400 g/mol. The van der Waals surface area contributed by atoms with Crippen LogP contribution in [-0.2, 0) is 83.1 Å². The van der Waals surface area contributed by atoms with Crippen LogP contribution in [0, 0.1) is 5.92 Å². The van der Waals surface area contributed by atoms with Gasteiger partial charge < -0.3 is 107 Å². The van der Waals surface area contributed by atoms with Crippen LogP contribution in [-0.4, -0.2) is 255 Å². The number of likely N-dealkylation sites (tertiary alicyclic amines) is 2. The van der Waals surface area contributed by atoms with Gasteiger partial charge in [-0.25, -0.2) is 0 Å². The minimum Gasteiger partial charge on any atom is -0.508 e. The van der Waals surface area contributed by atoms with Crippen molar-refractivity contribution in [2.75, 3.05) is 67.6 Å². The van der Waals surface area contributed by atoms with Crippen LogP contribution in [0.3, 0.4) is 0 Å². The molecule has 36 nitrogen and oxygen atoms in total. The maximum atomic E-state index is 14.3. The number of hydrogen-bond acceptors (Lipinski definition) is 24. The van der Waals surface area contributed by atoms with Gasteiger partial charge in [-0.2, -0.15) is 25.3 Å². The lowest BCUT2D eigenvalue weighted by Gasteiger charge is -2.30. The molecule has 0 radical (unpaired) electrons. The van der Waals surface area contributed by atoms with Crippen LogP contribution in [0.2, 0.25) is 0 Å². The number of nitrogens with zero attached hydrogens (tertiary/aromatic N) is 2. The first kappa shape index (κ1) is 87.0. The van der Waals surface area contributed by atoms with E-state index in [-0.39, 0.29) is 104 Å². The molecule has 2 aliphatic heterocycles. The Bertz CT molecular complexity index is 3070. The molecule has 40 heteroatoms. The SMILES string of the molecule is CC[C@H](C)[C@H](N)C(=O)N[C@@H](CSCNC(C)=O)C(=O)N[C@@H](CS)C(=O)N[C@@H](CC(N)=O)C(=O)N1CCC[C@H]1C(=O)N[C@@H](C)C(=O)N[C@@H](CSCNC(C)=O)C(=O)NCC(=O)N1CCC[C@H]1C(=O)N[C@@H](CCCCN)C(=O)N[C@@H](Cc1ccc(O)cc1)C(=O)N[C@@H](CO)C(=O)N[C@@H](CS)C(N)=O. The third kappa shape index (κ3) is 29.7. The van der Waals surface area contributed by atoms with Crippen LogP contribution < -0.4 is 86.7 Å². The highest BCUT2D eigenvalue weighted by atomic mass is 32.2. The number of nitrogens with one attached hydrogen (secondary N) is 12. The predicted molar refractivity (Wildman–Crippen MR) is 378 cm³/mol. The average Bonchev–Trinajstić information content (AvgIpc) is 1.77. The number of thiol groups is 2. The fourth-order valence-corrected chi connectivity index (χ4v) is 12.5.